The average molecular weight is 257 g/mol. The largest absolute Gasteiger partial charge is 0.394 e. The highest BCUT2D eigenvalue weighted by Crippen LogP contribution is 2.26. The molecule has 94 valence electrons. The summed E-state index contributed by atoms with van der Waals surface area (Å²) in [5.74, 6) is 0. The Hall–Kier alpha value is -0.810. The Morgan fingerprint density at radius 3 is 3.06 bits per heavy atom. The van der Waals surface area contributed by atoms with Crippen molar-refractivity contribution in [1.82, 2.24) is 0 Å². The van der Waals surface area contributed by atoms with Gasteiger partial charge < -0.3 is 20.5 Å². The number of aliphatic hydroxyl groups is 1. The molecule has 1 aromatic rings. The maximum Gasteiger partial charge on any atom is 0.0980 e. The van der Waals surface area contributed by atoms with Crippen LogP contribution in [0.4, 0.5) is 5.69 Å². The van der Waals surface area contributed by atoms with Gasteiger partial charge in [0.05, 0.1) is 19.3 Å². The minimum absolute atomic E-state index is 0.0367. The predicted molar refractivity (Wildman–Crippen MR) is 68.4 cm³/mol. The van der Waals surface area contributed by atoms with Crippen molar-refractivity contribution in [3.8, 4) is 0 Å². The van der Waals surface area contributed by atoms with Crippen LogP contribution in [0.15, 0.2) is 18.2 Å². The van der Waals surface area contributed by atoms with E-state index in [-0.39, 0.29) is 12.7 Å². The molecule has 1 heterocycles. The van der Waals surface area contributed by atoms with Crippen LogP contribution in [0.25, 0.3) is 0 Å². The summed E-state index contributed by atoms with van der Waals surface area (Å²) in [5, 5.41) is 9.83. The molecule has 1 aliphatic heterocycles. The maximum absolute atomic E-state index is 9.13. The van der Waals surface area contributed by atoms with E-state index < -0.39 is 0 Å². The molecule has 1 aromatic carbocycles. The van der Waals surface area contributed by atoms with E-state index in [1.165, 1.54) is 0 Å². The molecule has 2 rings (SSSR count). The quantitative estimate of drug-likeness (QED) is 0.847. The number of nitrogens with zero attached hydrogens (tertiary/aromatic N) is 1. The average Bonchev–Trinajstić information content (AvgIpc) is 2.39. The highest BCUT2D eigenvalue weighted by molar-refractivity contribution is 6.30. The lowest BCUT2D eigenvalue weighted by Crippen LogP contribution is -2.44. The topological polar surface area (TPSA) is 58.7 Å². The molecule has 0 bridgehead atoms. The summed E-state index contributed by atoms with van der Waals surface area (Å²) in [5.41, 5.74) is 7.83. The monoisotopic (exact) mass is 256 g/mol. The standard InChI is InChI=1S/C12H17ClN2O2/c13-10-2-1-9(6-14)12(5-10)15-3-4-17-11(7-15)8-16/h1-2,5,11,16H,3-4,6-8,14H2. The molecule has 1 fully saturated rings. The van der Waals surface area contributed by atoms with E-state index in [1.807, 2.05) is 18.2 Å². The molecule has 1 saturated heterocycles. The van der Waals surface area contributed by atoms with Gasteiger partial charge in [-0.3, -0.25) is 0 Å². The fourth-order valence-corrected chi connectivity index (χ4v) is 2.22. The van der Waals surface area contributed by atoms with Crippen LogP contribution < -0.4 is 10.6 Å². The SMILES string of the molecule is NCc1ccc(Cl)cc1N1CCOC(CO)C1. The van der Waals surface area contributed by atoms with Crippen LogP contribution in [0.1, 0.15) is 5.56 Å². The molecule has 4 nitrogen and oxygen atoms in total. The summed E-state index contributed by atoms with van der Waals surface area (Å²) >= 11 is 6.02. The molecule has 17 heavy (non-hydrogen) atoms. The second-order valence-corrected chi connectivity index (χ2v) is 4.53. The zero-order chi connectivity index (χ0) is 12.3. The predicted octanol–water partition coefficient (Wildman–Crippen LogP) is 0.996. The van der Waals surface area contributed by atoms with E-state index in [1.54, 1.807) is 0 Å². The normalized spacial score (nSPS) is 20.6. The van der Waals surface area contributed by atoms with Crippen LogP contribution in [-0.2, 0) is 11.3 Å². The summed E-state index contributed by atoms with van der Waals surface area (Å²) in [6.07, 6.45) is -0.131. The first-order valence-electron chi connectivity index (χ1n) is 5.70. The van der Waals surface area contributed by atoms with E-state index in [2.05, 4.69) is 4.90 Å². The summed E-state index contributed by atoms with van der Waals surface area (Å²) in [4.78, 5) is 2.17. The molecule has 0 amide bonds. The number of hydrogen-bond acceptors (Lipinski definition) is 4. The molecule has 5 heteroatoms. The van der Waals surface area contributed by atoms with Gasteiger partial charge in [0.2, 0.25) is 0 Å². The Balaban J connectivity index is 2.22. The van der Waals surface area contributed by atoms with E-state index in [0.717, 1.165) is 17.8 Å². The summed E-state index contributed by atoms with van der Waals surface area (Å²) in [6, 6.07) is 5.71. The fraction of sp³-hybridized carbons (Fsp3) is 0.500. The van der Waals surface area contributed by atoms with Crippen LogP contribution in [0.2, 0.25) is 5.02 Å². The van der Waals surface area contributed by atoms with Crippen molar-refractivity contribution in [3.63, 3.8) is 0 Å². The third-order valence-electron chi connectivity index (χ3n) is 2.95. The molecule has 0 radical (unpaired) electrons. The van der Waals surface area contributed by atoms with Crippen LogP contribution in [-0.4, -0.2) is 37.5 Å². The second-order valence-electron chi connectivity index (χ2n) is 4.10. The Morgan fingerprint density at radius 1 is 1.53 bits per heavy atom. The Kier molecular flexibility index (Phi) is 4.23. The van der Waals surface area contributed by atoms with Gasteiger partial charge in [0, 0.05) is 30.3 Å². The van der Waals surface area contributed by atoms with E-state index in [9.17, 15) is 0 Å². The van der Waals surface area contributed by atoms with Gasteiger partial charge in [-0.1, -0.05) is 17.7 Å². The Bertz CT molecular complexity index is 387. The third-order valence-corrected chi connectivity index (χ3v) is 3.19. The van der Waals surface area contributed by atoms with Gasteiger partial charge in [0.1, 0.15) is 0 Å². The Morgan fingerprint density at radius 2 is 2.35 bits per heavy atom. The molecular formula is C12H17ClN2O2. The number of aliphatic hydroxyl groups excluding tert-OH is 1. The van der Waals surface area contributed by atoms with Crippen molar-refractivity contribution in [2.45, 2.75) is 12.6 Å². The third kappa shape index (κ3) is 2.90. The minimum Gasteiger partial charge on any atom is -0.394 e. The van der Waals surface area contributed by atoms with Gasteiger partial charge >= 0.3 is 0 Å². The highest BCUT2D eigenvalue weighted by Gasteiger charge is 2.21. The maximum atomic E-state index is 9.13. The van der Waals surface area contributed by atoms with Crippen molar-refractivity contribution in [2.75, 3.05) is 31.2 Å². The molecule has 0 aromatic heterocycles. The lowest BCUT2D eigenvalue weighted by Gasteiger charge is -2.35. The van der Waals surface area contributed by atoms with Crippen LogP contribution in [0, 0.1) is 0 Å². The fourth-order valence-electron chi connectivity index (χ4n) is 2.05. The van der Waals surface area contributed by atoms with Crippen molar-refractivity contribution < 1.29 is 9.84 Å². The first kappa shape index (κ1) is 12.6. The van der Waals surface area contributed by atoms with Crippen molar-refractivity contribution in [1.29, 1.82) is 0 Å². The van der Waals surface area contributed by atoms with Crippen LogP contribution >= 0.6 is 11.6 Å². The zero-order valence-electron chi connectivity index (χ0n) is 9.60. The van der Waals surface area contributed by atoms with Crippen LogP contribution in [0.3, 0.4) is 0 Å². The zero-order valence-corrected chi connectivity index (χ0v) is 10.4. The molecule has 1 aliphatic rings. The van der Waals surface area contributed by atoms with Gasteiger partial charge in [-0.2, -0.15) is 0 Å². The summed E-state index contributed by atoms with van der Waals surface area (Å²) in [6.45, 7) is 2.60. The van der Waals surface area contributed by atoms with Gasteiger partial charge in [-0.25, -0.2) is 0 Å². The van der Waals surface area contributed by atoms with Crippen LogP contribution in [0.5, 0.6) is 0 Å². The number of ether oxygens (including phenoxy) is 1. The molecule has 3 N–H and O–H groups in total. The first-order valence-corrected chi connectivity index (χ1v) is 6.08. The van der Waals surface area contributed by atoms with E-state index in [0.29, 0.717) is 24.7 Å². The number of benzene rings is 1. The number of nitrogens with two attached hydrogens (primary N) is 1. The van der Waals surface area contributed by atoms with Gasteiger partial charge in [-0.05, 0) is 17.7 Å². The molecule has 0 saturated carbocycles. The van der Waals surface area contributed by atoms with Gasteiger partial charge in [0.15, 0.2) is 0 Å². The van der Waals surface area contributed by atoms with Crippen molar-refractivity contribution >= 4 is 17.3 Å². The Labute approximate surface area is 106 Å². The summed E-state index contributed by atoms with van der Waals surface area (Å²) in [7, 11) is 0. The lowest BCUT2D eigenvalue weighted by atomic mass is 10.1. The second kappa shape index (κ2) is 5.69. The first-order chi connectivity index (χ1) is 8.24. The lowest BCUT2D eigenvalue weighted by molar-refractivity contribution is 0.00353. The number of rotatable bonds is 3. The minimum atomic E-state index is -0.131. The molecular weight excluding hydrogens is 240 g/mol. The number of hydrogen-bond donors (Lipinski definition) is 2. The van der Waals surface area contributed by atoms with Crippen molar-refractivity contribution in [3.05, 3.63) is 28.8 Å². The van der Waals surface area contributed by atoms with Gasteiger partial charge in [-0.15, -0.1) is 0 Å². The van der Waals surface area contributed by atoms with Gasteiger partial charge in [0.25, 0.3) is 0 Å². The summed E-state index contributed by atoms with van der Waals surface area (Å²) < 4.78 is 5.43. The molecule has 0 aliphatic carbocycles. The van der Waals surface area contributed by atoms with E-state index >= 15 is 0 Å². The molecule has 0 spiro atoms. The van der Waals surface area contributed by atoms with Crippen molar-refractivity contribution in [2.24, 2.45) is 5.73 Å². The van der Waals surface area contributed by atoms with E-state index in [4.69, 9.17) is 27.2 Å². The number of morpholine rings is 1. The molecule has 1 atom stereocenters. The smallest absolute Gasteiger partial charge is 0.0980 e. The number of halogens is 1. The molecule has 1 unspecified atom stereocenters. The highest BCUT2D eigenvalue weighted by atomic mass is 35.5. The number of anilines is 1.